The molecule has 1 aromatic carbocycles. The van der Waals surface area contributed by atoms with Crippen LogP contribution in [-0.4, -0.2) is 32.5 Å². The van der Waals surface area contributed by atoms with E-state index >= 15 is 0 Å². The zero-order valence-corrected chi connectivity index (χ0v) is 13.0. The topological polar surface area (TPSA) is 61.9 Å². The quantitative estimate of drug-likeness (QED) is 0.790. The summed E-state index contributed by atoms with van der Waals surface area (Å²) in [4.78, 5) is 19.0. The third-order valence-corrected chi connectivity index (χ3v) is 4.53. The lowest BCUT2D eigenvalue weighted by Crippen LogP contribution is -2.31. The fourth-order valence-corrected chi connectivity index (χ4v) is 3.37. The molecular weight excluding hydrogens is 288 g/mol. The molecule has 0 radical (unpaired) electrons. The number of aromatic nitrogens is 3. The number of hydrogen-bond acceptors (Lipinski definition) is 3. The number of aromatic amines is 1. The number of aryl methyl sites for hydroxylation is 1. The van der Waals surface area contributed by atoms with Gasteiger partial charge in [-0.25, -0.2) is 0 Å². The van der Waals surface area contributed by atoms with Gasteiger partial charge in [-0.15, -0.1) is 0 Å². The van der Waals surface area contributed by atoms with Crippen molar-refractivity contribution >= 4 is 16.8 Å². The van der Waals surface area contributed by atoms with E-state index in [2.05, 4.69) is 15.2 Å². The van der Waals surface area contributed by atoms with Gasteiger partial charge in [-0.05, 0) is 49.6 Å². The number of hydrogen-bond donors (Lipinski definition) is 1. The van der Waals surface area contributed by atoms with Crippen molar-refractivity contribution < 1.29 is 4.79 Å². The van der Waals surface area contributed by atoms with Gasteiger partial charge >= 0.3 is 0 Å². The second-order valence-corrected chi connectivity index (χ2v) is 6.06. The molecular formula is C18H18N4O. The molecule has 1 N–H and O–H groups in total. The largest absolute Gasteiger partial charge is 0.330 e. The number of nitrogens with one attached hydrogen (secondary N) is 1. The van der Waals surface area contributed by atoms with Crippen LogP contribution in [0.4, 0.5) is 0 Å². The van der Waals surface area contributed by atoms with Crippen molar-refractivity contribution in [2.75, 3.05) is 6.54 Å². The first-order chi connectivity index (χ1) is 11.2. The van der Waals surface area contributed by atoms with Gasteiger partial charge in [0.2, 0.25) is 0 Å². The van der Waals surface area contributed by atoms with E-state index in [0.717, 1.165) is 41.4 Å². The Kier molecular flexibility index (Phi) is 3.33. The summed E-state index contributed by atoms with van der Waals surface area (Å²) in [6.07, 6.45) is 5.56. The molecule has 0 aliphatic carbocycles. The lowest BCUT2D eigenvalue weighted by molar-refractivity contribution is 0.0731. The summed E-state index contributed by atoms with van der Waals surface area (Å²) in [5.74, 6) is 0.00108. The summed E-state index contributed by atoms with van der Waals surface area (Å²) in [5, 5.41) is 8.15. The Bertz CT molecular complexity index is 856. The van der Waals surface area contributed by atoms with Crippen LogP contribution in [0.2, 0.25) is 0 Å². The fraction of sp³-hybridized carbons (Fsp3) is 0.278. The van der Waals surface area contributed by atoms with Crippen molar-refractivity contribution in [3.63, 3.8) is 0 Å². The molecule has 3 heterocycles. The van der Waals surface area contributed by atoms with Crippen LogP contribution in [-0.2, 0) is 0 Å². The van der Waals surface area contributed by atoms with Crippen LogP contribution in [0.1, 0.15) is 40.5 Å². The Hall–Kier alpha value is -2.69. The van der Waals surface area contributed by atoms with Gasteiger partial charge < -0.3 is 4.90 Å². The Labute approximate surface area is 134 Å². The van der Waals surface area contributed by atoms with E-state index in [1.54, 1.807) is 12.4 Å². The van der Waals surface area contributed by atoms with E-state index in [0.29, 0.717) is 5.69 Å². The summed E-state index contributed by atoms with van der Waals surface area (Å²) in [6.45, 7) is 2.79. The minimum Gasteiger partial charge on any atom is -0.330 e. The number of fused-ring (bicyclic) bond motifs is 1. The van der Waals surface area contributed by atoms with Crippen LogP contribution in [0, 0.1) is 6.92 Å². The van der Waals surface area contributed by atoms with Crippen LogP contribution in [0.5, 0.6) is 0 Å². The molecule has 2 aromatic heterocycles. The number of nitrogens with zero attached hydrogens (tertiary/aromatic N) is 3. The predicted molar refractivity (Wildman–Crippen MR) is 88.1 cm³/mol. The van der Waals surface area contributed by atoms with Gasteiger partial charge in [-0.3, -0.25) is 14.9 Å². The van der Waals surface area contributed by atoms with Crippen LogP contribution in [0.3, 0.4) is 0 Å². The van der Waals surface area contributed by atoms with E-state index in [4.69, 9.17) is 0 Å². The average molecular weight is 306 g/mol. The van der Waals surface area contributed by atoms with E-state index in [-0.39, 0.29) is 11.9 Å². The first kappa shape index (κ1) is 13.9. The van der Waals surface area contributed by atoms with Gasteiger partial charge in [0.15, 0.2) is 5.69 Å². The lowest BCUT2D eigenvalue weighted by Gasteiger charge is -2.24. The predicted octanol–water partition coefficient (Wildman–Crippen LogP) is 3.24. The summed E-state index contributed by atoms with van der Waals surface area (Å²) < 4.78 is 0. The molecule has 0 spiro atoms. The standard InChI is InChI=1S/C18H18N4O/c1-12-4-5-15-14(11-12)17(21-20-15)18(23)22-10-2-3-16(22)13-6-8-19-9-7-13/h4-9,11,16H,2-3,10H2,1H3,(H,20,21). The van der Waals surface area contributed by atoms with Crippen LogP contribution >= 0.6 is 0 Å². The monoisotopic (exact) mass is 306 g/mol. The molecule has 1 unspecified atom stereocenters. The summed E-state index contributed by atoms with van der Waals surface area (Å²) in [6, 6.07) is 10.1. The van der Waals surface area contributed by atoms with Crippen LogP contribution in [0.15, 0.2) is 42.7 Å². The normalized spacial score (nSPS) is 17.8. The van der Waals surface area contributed by atoms with Crippen molar-refractivity contribution in [2.24, 2.45) is 0 Å². The lowest BCUT2D eigenvalue weighted by atomic mass is 10.1. The summed E-state index contributed by atoms with van der Waals surface area (Å²) >= 11 is 0. The zero-order valence-electron chi connectivity index (χ0n) is 13.0. The van der Waals surface area contributed by atoms with E-state index in [9.17, 15) is 4.79 Å². The van der Waals surface area contributed by atoms with E-state index in [1.165, 1.54) is 0 Å². The second-order valence-electron chi connectivity index (χ2n) is 6.06. The van der Waals surface area contributed by atoms with E-state index in [1.807, 2.05) is 42.2 Å². The van der Waals surface area contributed by atoms with Crippen molar-refractivity contribution in [1.29, 1.82) is 0 Å². The maximum Gasteiger partial charge on any atom is 0.275 e. The number of carbonyl (C=O) groups excluding carboxylic acids is 1. The second kappa shape index (κ2) is 5.50. The molecule has 1 atom stereocenters. The molecule has 5 heteroatoms. The van der Waals surface area contributed by atoms with Crippen molar-refractivity contribution in [3.05, 3.63) is 59.5 Å². The number of likely N-dealkylation sites (tertiary alicyclic amines) is 1. The highest BCUT2D eigenvalue weighted by Gasteiger charge is 2.32. The number of H-pyrrole nitrogens is 1. The molecule has 1 saturated heterocycles. The molecule has 116 valence electrons. The van der Waals surface area contributed by atoms with E-state index < -0.39 is 0 Å². The van der Waals surface area contributed by atoms with Crippen molar-refractivity contribution in [2.45, 2.75) is 25.8 Å². The molecule has 0 bridgehead atoms. The Morgan fingerprint density at radius 3 is 2.91 bits per heavy atom. The molecule has 1 amide bonds. The van der Waals surface area contributed by atoms with Gasteiger partial charge in [0.1, 0.15) is 0 Å². The third kappa shape index (κ3) is 2.38. The highest BCUT2D eigenvalue weighted by Crippen LogP contribution is 2.33. The number of carbonyl (C=O) groups is 1. The Morgan fingerprint density at radius 1 is 1.26 bits per heavy atom. The van der Waals surface area contributed by atoms with Crippen molar-refractivity contribution in [1.82, 2.24) is 20.1 Å². The van der Waals surface area contributed by atoms with Gasteiger partial charge in [-0.2, -0.15) is 5.10 Å². The molecule has 0 saturated carbocycles. The minimum absolute atomic E-state index is 0.00108. The molecule has 3 aromatic rings. The minimum atomic E-state index is 0.00108. The molecule has 1 aliphatic rings. The maximum atomic E-state index is 13.0. The first-order valence-corrected chi connectivity index (χ1v) is 7.89. The average Bonchev–Trinajstić information content (AvgIpc) is 3.21. The zero-order chi connectivity index (χ0) is 15.8. The Morgan fingerprint density at radius 2 is 2.09 bits per heavy atom. The van der Waals surface area contributed by atoms with Crippen LogP contribution in [0.25, 0.3) is 10.9 Å². The van der Waals surface area contributed by atoms with Crippen molar-refractivity contribution in [3.8, 4) is 0 Å². The smallest absolute Gasteiger partial charge is 0.275 e. The van der Waals surface area contributed by atoms with Crippen LogP contribution < -0.4 is 0 Å². The SMILES string of the molecule is Cc1ccc2[nH]nc(C(=O)N3CCCC3c3ccncc3)c2c1. The first-order valence-electron chi connectivity index (χ1n) is 7.89. The molecule has 23 heavy (non-hydrogen) atoms. The highest BCUT2D eigenvalue weighted by atomic mass is 16.2. The Balaban J connectivity index is 1.71. The molecule has 1 aliphatic heterocycles. The summed E-state index contributed by atoms with van der Waals surface area (Å²) in [7, 11) is 0. The van der Waals surface area contributed by atoms with Gasteiger partial charge in [0.25, 0.3) is 5.91 Å². The number of benzene rings is 1. The fourth-order valence-electron chi connectivity index (χ4n) is 3.37. The third-order valence-electron chi connectivity index (χ3n) is 4.53. The van der Waals surface area contributed by atoms with Gasteiger partial charge in [-0.1, -0.05) is 11.6 Å². The van der Waals surface area contributed by atoms with Gasteiger partial charge in [0, 0.05) is 24.3 Å². The number of rotatable bonds is 2. The van der Waals surface area contributed by atoms with Gasteiger partial charge in [0.05, 0.1) is 11.6 Å². The molecule has 4 rings (SSSR count). The molecule has 1 fully saturated rings. The highest BCUT2D eigenvalue weighted by molar-refractivity contribution is 6.05. The summed E-state index contributed by atoms with van der Waals surface area (Å²) in [5.41, 5.74) is 3.69. The number of pyridine rings is 1. The molecule has 5 nitrogen and oxygen atoms in total. The maximum absolute atomic E-state index is 13.0. The number of amides is 1.